The molecule has 0 saturated carbocycles. The van der Waals surface area contributed by atoms with Crippen LogP contribution < -0.4 is 4.90 Å². The third-order valence-corrected chi connectivity index (χ3v) is 3.93. The van der Waals surface area contributed by atoms with Gasteiger partial charge in [0.25, 0.3) is 0 Å². The van der Waals surface area contributed by atoms with Gasteiger partial charge in [-0.25, -0.2) is 9.97 Å². The van der Waals surface area contributed by atoms with Gasteiger partial charge >= 0.3 is 0 Å². The Bertz CT molecular complexity index is 741. The normalized spacial score (nSPS) is 16.8. The van der Waals surface area contributed by atoms with Gasteiger partial charge in [-0.2, -0.15) is 0 Å². The molecule has 1 unspecified atom stereocenters. The topological polar surface area (TPSA) is 29.0 Å². The Kier molecular flexibility index (Phi) is 2.89. The molecule has 0 N–H and O–H groups in total. The zero-order valence-corrected chi connectivity index (χ0v) is 11.6. The molecular formula is C18H15N3. The van der Waals surface area contributed by atoms with E-state index in [1.54, 1.807) is 12.4 Å². The van der Waals surface area contributed by atoms with E-state index in [2.05, 4.69) is 69.5 Å². The van der Waals surface area contributed by atoms with Gasteiger partial charge in [0, 0.05) is 18.1 Å². The van der Waals surface area contributed by atoms with Gasteiger partial charge in [0.2, 0.25) is 5.95 Å². The van der Waals surface area contributed by atoms with E-state index in [9.17, 15) is 0 Å². The van der Waals surface area contributed by atoms with Gasteiger partial charge in [0.15, 0.2) is 0 Å². The Balaban J connectivity index is 1.85. The number of aromatic nitrogens is 2. The molecular weight excluding hydrogens is 258 g/mol. The van der Waals surface area contributed by atoms with Crippen molar-refractivity contribution in [2.75, 3.05) is 4.90 Å². The van der Waals surface area contributed by atoms with Crippen molar-refractivity contribution in [3.63, 3.8) is 0 Å². The molecule has 102 valence electrons. The summed E-state index contributed by atoms with van der Waals surface area (Å²) in [5.41, 5.74) is 3.84. The molecule has 1 aromatic heterocycles. The third-order valence-electron chi connectivity index (χ3n) is 3.93. The van der Waals surface area contributed by atoms with Crippen LogP contribution >= 0.6 is 0 Å². The summed E-state index contributed by atoms with van der Waals surface area (Å²) in [7, 11) is 0. The van der Waals surface area contributed by atoms with E-state index in [1.807, 2.05) is 6.07 Å². The van der Waals surface area contributed by atoms with Crippen molar-refractivity contribution in [2.45, 2.75) is 12.5 Å². The number of hydrogen-bond acceptors (Lipinski definition) is 3. The number of nitrogens with zero attached hydrogens (tertiary/aromatic N) is 3. The van der Waals surface area contributed by atoms with E-state index in [-0.39, 0.29) is 6.04 Å². The lowest BCUT2D eigenvalue weighted by Gasteiger charge is -2.25. The standard InChI is InChI=1S/C18H15N3/c1-2-7-14(8-3-1)17-13-15-9-4-5-10-16(15)21(17)18-19-11-6-12-20-18/h1-12,17H,13H2. The fourth-order valence-electron chi connectivity index (χ4n) is 2.99. The van der Waals surface area contributed by atoms with Gasteiger partial charge in [-0.05, 0) is 29.7 Å². The smallest absolute Gasteiger partial charge is 0.230 e. The molecule has 1 atom stereocenters. The summed E-state index contributed by atoms with van der Waals surface area (Å²) in [6.07, 6.45) is 4.58. The monoisotopic (exact) mass is 273 g/mol. The summed E-state index contributed by atoms with van der Waals surface area (Å²) in [5.74, 6) is 0.760. The van der Waals surface area contributed by atoms with Crippen molar-refractivity contribution >= 4 is 11.6 Å². The van der Waals surface area contributed by atoms with Crippen LogP contribution in [0.1, 0.15) is 17.2 Å². The molecule has 0 bridgehead atoms. The van der Waals surface area contributed by atoms with Gasteiger partial charge in [-0.3, -0.25) is 0 Å². The van der Waals surface area contributed by atoms with Gasteiger partial charge < -0.3 is 4.90 Å². The van der Waals surface area contributed by atoms with Crippen LogP contribution in [-0.2, 0) is 6.42 Å². The van der Waals surface area contributed by atoms with Gasteiger partial charge in [0.1, 0.15) is 0 Å². The highest BCUT2D eigenvalue weighted by atomic mass is 15.3. The summed E-state index contributed by atoms with van der Waals surface area (Å²) in [6, 6.07) is 21.2. The van der Waals surface area contributed by atoms with Crippen LogP contribution in [0.5, 0.6) is 0 Å². The Labute approximate surface area is 123 Å². The Morgan fingerprint density at radius 3 is 2.33 bits per heavy atom. The van der Waals surface area contributed by atoms with Crippen LogP contribution in [0, 0.1) is 0 Å². The Hall–Kier alpha value is -2.68. The summed E-state index contributed by atoms with van der Waals surface area (Å²) in [4.78, 5) is 11.1. The highest BCUT2D eigenvalue weighted by molar-refractivity contribution is 5.68. The number of fused-ring (bicyclic) bond motifs is 1. The zero-order valence-electron chi connectivity index (χ0n) is 11.6. The largest absolute Gasteiger partial charge is 0.302 e. The van der Waals surface area contributed by atoms with Crippen molar-refractivity contribution in [1.29, 1.82) is 0 Å². The lowest BCUT2D eigenvalue weighted by molar-refractivity contribution is 0.724. The average molecular weight is 273 g/mol. The average Bonchev–Trinajstić information content (AvgIpc) is 2.96. The first kappa shape index (κ1) is 12.1. The molecule has 0 amide bonds. The van der Waals surface area contributed by atoms with Crippen molar-refractivity contribution < 1.29 is 0 Å². The van der Waals surface area contributed by atoms with Crippen molar-refractivity contribution in [3.05, 3.63) is 84.2 Å². The maximum Gasteiger partial charge on any atom is 0.230 e. The number of anilines is 2. The second kappa shape index (κ2) is 5.02. The minimum atomic E-state index is 0.256. The van der Waals surface area contributed by atoms with E-state index in [4.69, 9.17) is 0 Å². The van der Waals surface area contributed by atoms with Crippen LogP contribution in [0.4, 0.5) is 11.6 Å². The highest BCUT2D eigenvalue weighted by Gasteiger charge is 2.32. The van der Waals surface area contributed by atoms with Crippen LogP contribution in [0.25, 0.3) is 0 Å². The maximum atomic E-state index is 4.45. The molecule has 0 fully saturated rings. The van der Waals surface area contributed by atoms with Crippen molar-refractivity contribution in [3.8, 4) is 0 Å². The summed E-state index contributed by atoms with van der Waals surface area (Å²) < 4.78 is 0. The van der Waals surface area contributed by atoms with E-state index >= 15 is 0 Å². The lowest BCUT2D eigenvalue weighted by atomic mass is 10.0. The zero-order chi connectivity index (χ0) is 14.1. The fraction of sp³-hybridized carbons (Fsp3) is 0.111. The first-order chi connectivity index (χ1) is 10.4. The van der Waals surface area contributed by atoms with E-state index < -0.39 is 0 Å². The molecule has 0 aliphatic carbocycles. The van der Waals surface area contributed by atoms with Crippen LogP contribution in [-0.4, -0.2) is 9.97 Å². The molecule has 2 heterocycles. The predicted octanol–water partition coefficient (Wildman–Crippen LogP) is 3.91. The Morgan fingerprint density at radius 2 is 1.52 bits per heavy atom. The molecule has 1 aliphatic rings. The highest BCUT2D eigenvalue weighted by Crippen LogP contribution is 2.43. The SMILES string of the molecule is c1ccc(C2Cc3ccccc3N2c2ncccn2)cc1. The molecule has 3 nitrogen and oxygen atoms in total. The molecule has 3 heteroatoms. The molecule has 2 aromatic carbocycles. The molecule has 0 saturated heterocycles. The summed E-state index contributed by atoms with van der Waals surface area (Å²) in [6.45, 7) is 0. The number of hydrogen-bond donors (Lipinski definition) is 0. The first-order valence-corrected chi connectivity index (χ1v) is 7.12. The number of rotatable bonds is 2. The van der Waals surface area contributed by atoms with Gasteiger partial charge in [0.05, 0.1) is 6.04 Å². The van der Waals surface area contributed by atoms with Crippen molar-refractivity contribution in [2.24, 2.45) is 0 Å². The quantitative estimate of drug-likeness (QED) is 0.709. The molecule has 0 spiro atoms. The Morgan fingerprint density at radius 1 is 0.810 bits per heavy atom. The van der Waals surface area contributed by atoms with E-state index in [0.29, 0.717) is 0 Å². The van der Waals surface area contributed by atoms with Crippen LogP contribution in [0.15, 0.2) is 73.1 Å². The minimum absolute atomic E-state index is 0.256. The van der Waals surface area contributed by atoms with Gasteiger partial charge in [-0.15, -0.1) is 0 Å². The van der Waals surface area contributed by atoms with Gasteiger partial charge in [-0.1, -0.05) is 48.5 Å². The number of para-hydroxylation sites is 1. The predicted molar refractivity (Wildman–Crippen MR) is 83.5 cm³/mol. The van der Waals surface area contributed by atoms with Crippen LogP contribution in [0.2, 0.25) is 0 Å². The minimum Gasteiger partial charge on any atom is -0.302 e. The maximum absolute atomic E-state index is 4.45. The lowest BCUT2D eigenvalue weighted by Crippen LogP contribution is -2.21. The van der Waals surface area contributed by atoms with E-state index in [0.717, 1.165) is 12.4 Å². The summed E-state index contributed by atoms with van der Waals surface area (Å²) in [5, 5.41) is 0. The molecule has 1 aliphatic heterocycles. The molecule has 4 rings (SSSR count). The summed E-state index contributed by atoms with van der Waals surface area (Å²) >= 11 is 0. The molecule has 0 radical (unpaired) electrons. The van der Waals surface area contributed by atoms with E-state index in [1.165, 1.54) is 16.8 Å². The van der Waals surface area contributed by atoms with Crippen molar-refractivity contribution in [1.82, 2.24) is 9.97 Å². The first-order valence-electron chi connectivity index (χ1n) is 7.12. The second-order valence-corrected chi connectivity index (χ2v) is 5.18. The fourth-order valence-corrected chi connectivity index (χ4v) is 2.99. The number of benzene rings is 2. The third kappa shape index (κ3) is 2.07. The molecule has 21 heavy (non-hydrogen) atoms. The van der Waals surface area contributed by atoms with Crippen LogP contribution in [0.3, 0.4) is 0 Å². The molecule has 3 aromatic rings. The second-order valence-electron chi connectivity index (χ2n) is 5.18.